The summed E-state index contributed by atoms with van der Waals surface area (Å²) in [6, 6.07) is 59.2. The number of benzene rings is 7. The SMILES string of the molecule is c1ccc(-c2ccc(-c3cc(-c4ccc(-c5ccc6ccccc6c5)cc4)nc(-c4cccc5c4oc4ccccc45)n3)cc2)cc1. The van der Waals surface area contributed by atoms with E-state index in [1.165, 1.54) is 27.5 Å². The molecule has 0 bridgehead atoms. The summed E-state index contributed by atoms with van der Waals surface area (Å²) in [6.45, 7) is 0. The van der Waals surface area contributed by atoms with Gasteiger partial charge in [-0.2, -0.15) is 0 Å². The lowest BCUT2D eigenvalue weighted by Gasteiger charge is -2.11. The Balaban J connectivity index is 1.17. The van der Waals surface area contributed by atoms with Crippen molar-refractivity contribution in [3.8, 4) is 56.2 Å². The van der Waals surface area contributed by atoms with E-state index in [1.54, 1.807) is 0 Å². The summed E-state index contributed by atoms with van der Waals surface area (Å²) in [4.78, 5) is 10.3. The fourth-order valence-electron chi connectivity index (χ4n) is 6.45. The molecule has 0 spiro atoms. The molecule has 3 nitrogen and oxygen atoms in total. The zero-order valence-electron chi connectivity index (χ0n) is 25.5. The summed E-state index contributed by atoms with van der Waals surface area (Å²) in [5.74, 6) is 0.632. The van der Waals surface area contributed by atoms with Crippen LogP contribution in [0.5, 0.6) is 0 Å². The van der Waals surface area contributed by atoms with Crippen LogP contribution in [-0.2, 0) is 0 Å². The first-order chi connectivity index (χ1) is 23.3. The van der Waals surface area contributed by atoms with Gasteiger partial charge in [0.1, 0.15) is 11.2 Å². The maximum Gasteiger partial charge on any atom is 0.164 e. The molecular weight excluding hydrogens is 572 g/mol. The fraction of sp³-hybridized carbons (Fsp3) is 0. The molecule has 2 heterocycles. The lowest BCUT2D eigenvalue weighted by Crippen LogP contribution is -1.96. The molecule has 7 aromatic carbocycles. The van der Waals surface area contributed by atoms with Gasteiger partial charge < -0.3 is 4.42 Å². The van der Waals surface area contributed by atoms with Gasteiger partial charge in [0.15, 0.2) is 5.82 Å². The number of fused-ring (bicyclic) bond motifs is 4. The van der Waals surface area contributed by atoms with Crippen molar-refractivity contribution in [2.24, 2.45) is 0 Å². The Bertz CT molecular complexity index is 2550. The molecule has 47 heavy (non-hydrogen) atoms. The van der Waals surface area contributed by atoms with Crippen molar-refractivity contribution in [2.45, 2.75) is 0 Å². The van der Waals surface area contributed by atoms with Crippen molar-refractivity contribution in [2.75, 3.05) is 0 Å². The molecule has 2 aromatic heterocycles. The third-order valence-corrected chi connectivity index (χ3v) is 8.92. The first-order valence-electron chi connectivity index (χ1n) is 15.8. The Labute approximate surface area is 272 Å². The third kappa shape index (κ3) is 4.95. The van der Waals surface area contributed by atoms with Crippen LogP contribution in [-0.4, -0.2) is 9.97 Å². The van der Waals surface area contributed by atoms with E-state index in [0.29, 0.717) is 5.82 Å². The van der Waals surface area contributed by atoms with E-state index in [9.17, 15) is 0 Å². The monoisotopic (exact) mass is 600 g/mol. The molecule has 0 saturated heterocycles. The van der Waals surface area contributed by atoms with Gasteiger partial charge in [-0.15, -0.1) is 0 Å². The lowest BCUT2D eigenvalue weighted by atomic mass is 9.99. The van der Waals surface area contributed by atoms with Gasteiger partial charge in [0.2, 0.25) is 0 Å². The Morgan fingerprint density at radius 1 is 0.362 bits per heavy atom. The summed E-state index contributed by atoms with van der Waals surface area (Å²) >= 11 is 0. The van der Waals surface area contributed by atoms with E-state index < -0.39 is 0 Å². The molecular formula is C44H28N2O. The van der Waals surface area contributed by atoms with Gasteiger partial charge in [0, 0.05) is 21.9 Å². The minimum Gasteiger partial charge on any atom is -0.455 e. The summed E-state index contributed by atoms with van der Waals surface area (Å²) in [7, 11) is 0. The highest BCUT2D eigenvalue weighted by Gasteiger charge is 2.17. The average Bonchev–Trinajstić information content (AvgIpc) is 3.54. The molecule has 3 heteroatoms. The average molecular weight is 601 g/mol. The van der Waals surface area contributed by atoms with E-state index in [1.807, 2.05) is 24.3 Å². The van der Waals surface area contributed by atoms with Gasteiger partial charge in [0.25, 0.3) is 0 Å². The largest absolute Gasteiger partial charge is 0.455 e. The number of furan rings is 1. The molecule has 9 aromatic rings. The fourth-order valence-corrected chi connectivity index (χ4v) is 6.45. The highest BCUT2D eigenvalue weighted by molar-refractivity contribution is 6.09. The lowest BCUT2D eigenvalue weighted by molar-refractivity contribution is 0.669. The Kier molecular flexibility index (Phi) is 6.46. The second-order valence-corrected chi connectivity index (χ2v) is 11.8. The Morgan fingerprint density at radius 3 is 1.66 bits per heavy atom. The van der Waals surface area contributed by atoms with E-state index in [-0.39, 0.29) is 0 Å². The van der Waals surface area contributed by atoms with Crippen LogP contribution in [0.2, 0.25) is 0 Å². The van der Waals surface area contributed by atoms with Crippen LogP contribution >= 0.6 is 0 Å². The molecule has 0 atom stereocenters. The van der Waals surface area contributed by atoms with E-state index >= 15 is 0 Å². The number of hydrogen-bond donors (Lipinski definition) is 0. The smallest absolute Gasteiger partial charge is 0.164 e. The molecule has 0 fully saturated rings. The van der Waals surface area contributed by atoms with E-state index in [4.69, 9.17) is 14.4 Å². The molecule has 0 N–H and O–H groups in total. The molecule has 0 amide bonds. The summed E-state index contributed by atoms with van der Waals surface area (Å²) in [6.07, 6.45) is 0. The van der Waals surface area contributed by atoms with Crippen molar-refractivity contribution in [3.63, 3.8) is 0 Å². The van der Waals surface area contributed by atoms with Gasteiger partial charge >= 0.3 is 0 Å². The first kappa shape index (κ1) is 27.0. The van der Waals surface area contributed by atoms with Crippen molar-refractivity contribution in [3.05, 3.63) is 170 Å². The summed E-state index contributed by atoms with van der Waals surface area (Å²) in [5.41, 5.74) is 11.0. The van der Waals surface area contributed by atoms with Crippen LogP contribution in [0.25, 0.3) is 88.9 Å². The molecule has 0 radical (unpaired) electrons. The molecule has 9 rings (SSSR count). The van der Waals surface area contributed by atoms with E-state index in [0.717, 1.165) is 55.6 Å². The molecule has 0 aliphatic rings. The second kappa shape index (κ2) is 11.2. The normalized spacial score (nSPS) is 11.4. The van der Waals surface area contributed by atoms with Gasteiger partial charge in [-0.3, -0.25) is 0 Å². The van der Waals surface area contributed by atoms with Gasteiger partial charge in [-0.05, 0) is 57.3 Å². The topological polar surface area (TPSA) is 38.9 Å². The minimum absolute atomic E-state index is 0.632. The zero-order valence-corrected chi connectivity index (χ0v) is 25.5. The molecule has 0 saturated carbocycles. The standard InChI is InChI=1S/C44H28N2O/c1-2-9-29(10-3-1)31-17-22-33(23-18-31)40-28-41(34-24-19-32(20-25-34)36-26-21-30-11-4-5-12-35(30)27-36)46-44(45-40)39-15-8-14-38-37-13-6-7-16-42(37)47-43(38)39/h1-28H. The van der Waals surface area contributed by atoms with Crippen LogP contribution < -0.4 is 0 Å². The second-order valence-electron chi connectivity index (χ2n) is 11.8. The van der Waals surface area contributed by atoms with Crippen molar-refractivity contribution < 1.29 is 4.42 Å². The quantitative estimate of drug-likeness (QED) is 0.197. The predicted molar refractivity (Wildman–Crippen MR) is 194 cm³/mol. The number of hydrogen-bond acceptors (Lipinski definition) is 3. The van der Waals surface area contributed by atoms with Crippen molar-refractivity contribution >= 4 is 32.7 Å². The number of nitrogens with zero attached hydrogens (tertiary/aromatic N) is 2. The zero-order chi connectivity index (χ0) is 31.2. The maximum absolute atomic E-state index is 6.41. The number of aromatic nitrogens is 2. The highest BCUT2D eigenvalue weighted by atomic mass is 16.3. The number of para-hydroxylation sites is 2. The molecule has 220 valence electrons. The van der Waals surface area contributed by atoms with Crippen molar-refractivity contribution in [1.82, 2.24) is 9.97 Å². The van der Waals surface area contributed by atoms with E-state index in [2.05, 4.69) is 146 Å². The summed E-state index contributed by atoms with van der Waals surface area (Å²) < 4.78 is 6.41. The van der Waals surface area contributed by atoms with Gasteiger partial charge in [-0.1, -0.05) is 146 Å². The molecule has 0 aliphatic carbocycles. The van der Waals surface area contributed by atoms with Gasteiger partial charge in [-0.25, -0.2) is 9.97 Å². The minimum atomic E-state index is 0.632. The van der Waals surface area contributed by atoms with Gasteiger partial charge in [0.05, 0.1) is 17.0 Å². The predicted octanol–water partition coefficient (Wildman–Crippen LogP) is 11.9. The Hall–Kier alpha value is -6.32. The van der Waals surface area contributed by atoms with Crippen LogP contribution in [0.4, 0.5) is 0 Å². The molecule has 0 unspecified atom stereocenters. The van der Waals surface area contributed by atoms with Crippen molar-refractivity contribution in [1.29, 1.82) is 0 Å². The van der Waals surface area contributed by atoms with Crippen LogP contribution in [0, 0.1) is 0 Å². The van der Waals surface area contributed by atoms with Crippen LogP contribution in [0.1, 0.15) is 0 Å². The highest BCUT2D eigenvalue weighted by Crippen LogP contribution is 2.37. The number of rotatable bonds is 5. The Morgan fingerprint density at radius 2 is 0.915 bits per heavy atom. The summed E-state index contributed by atoms with van der Waals surface area (Å²) in [5, 5.41) is 4.62. The van der Waals surface area contributed by atoms with Crippen LogP contribution in [0.3, 0.4) is 0 Å². The van der Waals surface area contributed by atoms with Crippen LogP contribution in [0.15, 0.2) is 174 Å². The first-order valence-corrected chi connectivity index (χ1v) is 15.8. The molecule has 0 aliphatic heterocycles. The third-order valence-electron chi connectivity index (χ3n) is 8.92. The maximum atomic E-state index is 6.41.